The Bertz CT molecular complexity index is 410. The average Bonchev–Trinajstić information content (AvgIpc) is 2.37. The highest BCUT2D eigenvalue weighted by Crippen LogP contribution is 2.27. The summed E-state index contributed by atoms with van der Waals surface area (Å²) in [5.74, 6) is 0.489. The number of nitrogens with one attached hydrogen (secondary N) is 1. The lowest BCUT2D eigenvalue weighted by atomic mass is 10.0. The Kier molecular flexibility index (Phi) is 6.40. The Morgan fingerprint density at radius 3 is 2.68 bits per heavy atom. The molecule has 0 bridgehead atoms. The predicted octanol–water partition coefficient (Wildman–Crippen LogP) is 3.51. The van der Waals surface area contributed by atoms with Crippen LogP contribution in [0, 0.1) is 0 Å². The maximum Gasteiger partial charge on any atom is 0.139 e. The maximum atomic E-state index is 9.87. The van der Waals surface area contributed by atoms with Crippen LogP contribution in [-0.4, -0.2) is 29.9 Å². The van der Waals surface area contributed by atoms with Gasteiger partial charge < -0.3 is 15.2 Å². The van der Waals surface area contributed by atoms with Gasteiger partial charge >= 0.3 is 0 Å². The van der Waals surface area contributed by atoms with Gasteiger partial charge in [0, 0.05) is 23.2 Å². The summed E-state index contributed by atoms with van der Waals surface area (Å²) in [6.45, 7) is 6.93. The van der Waals surface area contributed by atoms with Crippen molar-refractivity contribution in [3.63, 3.8) is 0 Å². The molecule has 0 amide bonds. The van der Waals surface area contributed by atoms with E-state index in [1.54, 1.807) is 18.2 Å². The molecule has 0 spiro atoms. The molecule has 1 atom stereocenters. The van der Waals surface area contributed by atoms with Gasteiger partial charge in [0.1, 0.15) is 18.5 Å². The van der Waals surface area contributed by atoms with Crippen LogP contribution in [0.1, 0.15) is 27.2 Å². The number of hydrogen-bond donors (Lipinski definition) is 2. The highest BCUT2D eigenvalue weighted by atomic mass is 35.5. The van der Waals surface area contributed by atoms with Gasteiger partial charge in [-0.3, -0.25) is 0 Å². The first-order valence-corrected chi connectivity index (χ1v) is 7.10. The molecule has 0 heterocycles. The van der Waals surface area contributed by atoms with Gasteiger partial charge in [-0.15, -0.1) is 0 Å². The molecule has 0 aliphatic rings. The van der Waals surface area contributed by atoms with Gasteiger partial charge in [0.15, 0.2) is 0 Å². The number of benzene rings is 1. The quantitative estimate of drug-likeness (QED) is 0.810. The van der Waals surface area contributed by atoms with Crippen LogP contribution in [0.4, 0.5) is 0 Å². The molecular weight excluding hydrogens is 285 g/mol. The Hall–Kier alpha value is -0.480. The Balaban J connectivity index is 2.42. The van der Waals surface area contributed by atoms with E-state index in [0.717, 1.165) is 6.42 Å². The molecule has 0 saturated carbocycles. The summed E-state index contributed by atoms with van der Waals surface area (Å²) in [5, 5.41) is 14.2. The number of aliphatic hydroxyl groups excluding tert-OH is 1. The maximum absolute atomic E-state index is 9.87. The molecule has 1 rings (SSSR count). The third-order valence-corrected chi connectivity index (χ3v) is 3.57. The Morgan fingerprint density at radius 1 is 1.37 bits per heavy atom. The summed E-state index contributed by atoms with van der Waals surface area (Å²) in [5.41, 5.74) is 0.00861. The monoisotopic (exact) mass is 305 g/mol. The first kappa shape index (κ1) is 16.6. The van der Waals surface area contributed by atoms with E-state index in [9.17, 15) is 5.11 Å². The fourth-order valence-electron chi connectivity index (χ4n) is 1.35. The molecular formula is C14H21Cl2NO2. The van der Waals surface area contributed by atoms with E-state index in [4.69, 9.17) is 27.9 Å². The zero-order valence-electron chi connectivity index (χ0n) is 11.5. The zero-order chi connectivity index (χ0) is 14.5. The topological polar surface area (TPSA) is 41.5 Å². The molecule has 0 fully saturated rings. The summed E-state index contributed by atoms with van der Waals surface area (Å²) in [4.78, 5) is 0. The average molecular weight is 306 g/mol. The zero-order valence-corrected chi connectivity index (χ0v) is 13.1. The molecule has 0 aliphatic heterocycles. The van der Waals surface area contributed by atoms with Gasteiger partial charge in [0.2, 0.25) is 0 Å². The van der Waals surface area contributed by atoms with Crippen LogP contribution in [0.5, 0.6) is 5.75 Å². The van der Waals surface area contributed by atoms with Crippen molar-refractivity contribution < 1.29 is 9.84 Å². The summed E-state index contributed by atoms with van der Waals surface area (Å²) in [7, 11) is 0. The molecule has 19 heavy (non-hydrogen) atoms. The smallest absolute Gasteiger partial charge is 0.139 e. The molecule has 1 aromatic rings. The van der Waals surface area contributed by atoms with Crippen LogP contribution in [0.15, 0.2) is 18.2 Å². The highest BCUT2D eigenvalue weighted by Gasteiger charge is 2.16. The molecule has 1 aromatic carbocycles. The second-order valence-electron chi connectivity index (χ2n) is 5.16. The van der Waals surface area contributed by atoms with E-state index in [1.165, 1.54) is 0 Å². The van der Waals surface area contributed by atoms with E-state index in [1.807, 2.05) is 0 Å². The van der Waals surface area contributed by atoms with Crippen molar-refractivity contribution in [1.29, 1.82) is 0 Å². The second kappa shape index (κ2) is 7.34. The summed E-state index contributed by atoms with van der Waals surface area (Å²) < 4.78 is 5.47. The van der Waals surface area contributed by atoms with Crippen LogP contribution in [0.2, 0.25) is 10.0 Å². The standard InChI is InChI=1S/C14H21Cl2NO2/c1-4-14(2,3)17-8-11(18)9-19-13-7-10(15)5-6-12(13)16/h5-7,11,17-18H,4,8-9H2,1-3H3. The highest BCUT2D eigenvalue weighted by molar-refractivity contribution is 6.34. The van der Waals surface area contributed by atoms with E-state index in [-0.39, 0.29) is 12.1 Å². The minimum absolute atomic E-state index is 0.00861. The van der Waals surface area contributed by atoms with Gasteiger partial charge in [0.25, 0.3) is 0 Å². The van der Waals surface area contributed by atoms with Crippen molar-refractivity contribution in [1.82, 2.24) is 5.32 Å². The van der Waals surface area contributed by atoms with E-state index in [0.29, 0.717) is 22.3 Å². The molecule has 5 heteroatoms. The van der Waals surface area contributed by atoms with Crippen LogP contribution in [0.25, 0.3) is 0 Å². The van der Waals surface area contributed by atoms with Gasteiger partial charge in [-0.2, -0.15) is 0 Å². The molecule has 3 nitrogen and oxygen atoms in total. The third kappa shape index (κ3) is 6.00. The van der Waals surface area contributed by atoms with Crippen LogP contribution < -0.4 is 10.1 Å². The van der Waals surface area contributed by atoms with Crippen molar-refractivity contribution in [2.75, 3.05) is 13.2 Å². The largest absolute Gasteiger partial charge is 0.489 e. The molecule has 0 aromatic heterocycles. The van der Waals surface area contributed by atoms with E-state index < -0.39 is 6.10 Å². The third-order valence-electron chi connectivity index (χ3n) is 3.02. The molecule has 2 N–H and O–H groups in total. The van der Waals surface area contributed by atoms with Crippen LogP contribution >= 0.6 is 23.2 Å². The number of halogens is 2. The molecule has 108 valence electrons. The number of β-amino-alcohol motifs (C(OH)–C–C–N with tert-alkyl or cyclic N) is 1. The van der Waals surface area contributed by atoms with Crippen molar-refractivity contribution in [2.24, 2.45) is 0 Å². The summed E-state index contributed by atoms with van der Waals surface area (Å²) >= 11 is 11.8. The Morgan fingerprint density at radius 2 is 2.05 bits per heavy atom. The van der Waals surface area contributed by atoms with Crippen molar-refractivity contribution >= 4 is 23.2 Å². The number of hydrogen-bond acceptors (Lipinski definition) is 3. The normalized spacial score (nSPS) is 13.4. The molecule has 1 unspecified atom stereocenters. The molecule has 0 aliphatic carbocycles. The lowest BCUT2D eigenvalue weighted by Gasteiger charge is -2.26. The lowest BCUT2D eigenvalue weighted by Crippen LogP contribution is -2.44. The summed E-state index contributed by atoms with van der Waals surface area (Å²) in [6, 6.07) is 5.00. The van der Waals surface area contributed by atoms with Crippen molar-refractivity contribution in [3.05, 3.63) is 28.2 Å². The molecule has 0 radical (unpaired) electrons. The Labute approximate surface area is 124 Å². The lowest BCUT2D eigenvalue weighted by molar-refractivity contribution is 0.0986. The number of aliphatic hydroxyl groups is 1. The summed E-state index contributed by atoms with van der Waals surface area (Å²) in [6.07, 6.45) is 0.390. The first-order valence-electron chi connectivity index (χ1n) is 6.35. The first-order chi connectivity index (χ1) is 8.84. The number of rotatable bonds is 7. The van der Waals surface area contributed by atoms with Gasteiger partial charge in [-0.1, -0.05) is 30.1 Å². The van der Waals surface area contributed by atoms with E-state index >= 15 is 0 Å². The van der Waals surface area contributed by atoms with Gasteiger partial charge in [-0.05, 0) is 32.4 Å². The minimum atomic E-state index is -0.596. The van der Waals surface area contributed by atoms with Crippen LogP contribution in [-0.2, 0) is 0 Å². The minimum Gasteiger partial charge on any atom is -0.489 e. The van der Waals surface area contributed by atoms with E-state index in [2.05, 4.69) is 26.1 Å². The SMILES string of the molecule is CCC(C)(C)NCC(O)COc1cc(Cl)ccc1Cl. The van der Waals surface area contributed by atoms with Crippen LogP contribution in [0.3, 0.4) is 0 Å². The van der Waals surface area contributed by atoms with Crippen molar-refractivity contribution in [2.45, 2.75) is 38.8 Å². The fraction of sp³-hybridized carbons (Fsp3) is 0.571. The second-order valence-corrected chi connectivity index (χ2v) is 6.00. The van der Waals surface area contributed by atoms with Crippen molar-refractivity contribution in [3.8, 4) is 5.75 Å². The van der Waals surface area contributed by atoms with Gasteiger partial charge in [-0.25, -0.2) is 0 Å². The number of ether oxygens (including phenoxy) is 1. The predicted molar refractivity (Wildman–Crippen MR) is 80.3 cm³/mol. The molecule has 0 saturated heterocycles. The van der Waals surface area contributed by atoms with Gasteiger partial charge in [0.05, 0.1) is 5.02 Å². The fourth-order valence-corrected chi connectivity index (χ4v) is 1.69.